The summed E-state index contributed by atoms with van der Waals surface area (Å²) in [7, 11) is 2.17. The second kappa shape index (κ2) is 6.27. The van der Waals surface area contributed by atoms with Crippen molar-refractivity contribution in [1.29, 1.82) is 0 Å². The van der Waals surface area contributed by atoms with Gasteiger partial charge in [0.25, 0.3) is 0 Å². The third kappa shape index (κ3) is 3.03. The summed E-state index contributed by atoms with van der Waals surface area (Å²) in [5.74, 6) is 1.24. The summed E-state index contributed by atoms with van der Waals surface area (Å²) in [5.41, 5.74) is 2.65. The normalized spacial score (nSPS) is 29.4. The van der Waals surface area contributed by atoms with Crippen molar-refractivity contribution < 1.29 is 5.11 Å². The number of para-hydroxylation sites is 2. The molecule has 1 saturated carbocycles. The van der Waals surface area contributed by atoms with E-state index in [4.69, 9.17) is 0 Å². The molecule has 1 aliphatic carbocycles. The van der Waals surface area contributed by atoms with Gasteiger partial charge in [0.05, 0.1) is 17.5 Å². The van der Waals surface area contributed by atoms with Gasteiger partial charge in [0.15, 0.2) is 0 Å². The summed E-state index contributed by atoms with van der Waals surface area (Å²) in [4.78, 5) is 4.82. The average molecular weight is 288 g/mol. The Hall–Kier alpha value is -1.22. The Kier molecular flexibility index (Phi) is 4.39. The molecule has 2 aliphatic rings. The van der Waals surface area contributed by atoms with Crippen LogP contribution in [0.25, 0.3) is 0 Å². The van der Waals surface area contributed by atoms with Gasteiger partial charge < -0.3 is 14.9 Å². The lowest BCUT2D eigenvalue weighted by Crippen LogP contribution is -2.44. The van der Waals surface area contributed by atoms with E-state index >= 15 is 0 Å². The summed E-state index contributed by atoms with van der Waals surface area (Å²) in [6, 6.07) is 8.66. The quantitative estimate of drug-likeness (QED) is 0.925. The van der Waals surface area contributed by atoms with Crippen LogP contribution in [-0.2, 0) is 0 Å². The first-order valence-corrected chi connectivity index (χ1v) is 8.42. The minimum atomic E-state index is -0.111. The van der Waals surface area contributed by atoms with Crippen LogP contribution in [0.5, 0.6) is 0 Å². The van der Waals surface area contributed by atoms with E-state index in [1.165, 1.54) is 30.6 Å². The van der Waals surface area contributed by atoms with Gasteiger partial charge in [-0.05, 0) is 37.3 Å². The Morgan fingerprint density at radius 3 is 2.67 bits per heavy atom. The lowest BCUT2D eigenvalue weighted by atomic mass is 9.78. The topological polar surface area (TPSA) is 26.7 Å². The highest BCUT2D eigenvalue weighted by molar-refractivity contribution is 5.73. The van der Waals surface area contributed by atoms with Gasteiger partial charge in [0.2, 0.25) is 0 Å². The van der Waals surface area contributed by atoms with Gasteiger partial charge in [-0.2, -0.15) is 0 Å². The molecule has 3 nitrogen and oxygen atoms in total. The SMILES string of the molecule is CCC1CCC(O)C(CN2CCN(C)c3ccccc32)C1. The van der Waals surface area contributed by atoms with Gasteiger partial charge in [0, 0.05) is 32.6 Å². The predicted octanol–water partition coefficient (Wildman–Crippen LogP) is 3.13. The summed E-state index contributed by atoms with van der Waals surface area (Å²) in [6.45, 7) is 5.41. The molecule has 0 aromatic heterocycles. The monoisotopic (exact) mass is 288 g/mol. The lowest BCUT2D eigenvalue weighted by Gasteiger charge is -2.41. The van der Waals surface area contributed by atoms with Crippen LogP contribution in [-0.4, -0.2) is 37.9 Å². The van der Waals surface area contributed by atoms with Gasteiger partial charge in [-0.3, -0.25) is 0 Å². The van der Waals surface area contributed by atoms with Crippen molar-refractivity contribution in [2.24, 2.45) is 11.8 Å². The second-order valence-corrected chi connectivity index (χ2v) is 6.77. The van der Waals surface area contributed by atoms with Crippen LogP contribution in [0.2, 0.25) is 0 Å². The van der Waals surface area contributed by atoms with E-state index in [1.54, 1.807) is 0 Å². The first-order valence-electron chi connectivity index (χ1n) is 8.42. The van der Waals surface area contributed by atoms with Gasteiger partial charge >= 0.3 is 0 Å². The number of benzene rings is 1. The Morgan fingerprint density at radius 1 is 1.14 bits per heavy atom. The standard InChI is InChI=1S/C18H28N2O/c1-3-14-8-9-18(21)15(12-14)13-20-11-10-19(2)16-6-4-5-7-17(16)20/h4-7,14-15,18,21H,3,8-13H2,1-2H3. The van der Waals surface area contributed by atoms with Crippen molar-refractivity contribution in [3.05, 3.63) is 24.3 Å². The van der Waals surface area contributed by atoms with E-state index in [0.717, 1.165) is 32.0 Å². The highest BCUT2D eigenvalue weighted by Gasteiger charge is 2.31. The predicted molar refractivity (Wildman–Crippen MR) is 89.1 cm³/mol. The molecule has 1 aliphatic heterocycles. The molecule has 3 heteroatoms. The molecule has 3 atom stereocenters. The smallest absolute Gasteiger partial charge is 0.0604 e. The molecule has 0 amide bonds. The fraction of sp³-hybridized carbons (Fsp3) is 0.667. The molecule has 1 heterocycles. The number of hydrogen-bond donors (Lipinski definition) is 1. The van der Waals surface area contributed by atoms with E-state index in [2.05, 4.69) is 48.0 Å². The van der Waals surface area contributed by atoms with E-state index in [0.29, 0.717) is 5.92 Å². The molecule has 0 bridgehead atoms. The van der Waals surface area contributed by atoms with Gasteiger partial charge in [-0.25, -0.2) is 0 Å². The fourth-order valence-electron chi connectivity index (χ4n) is 3.95. The van der Waals surface area contributed by atoms with Crippen molar-refractivity contribution in [1.82, 2.24) is 0 Å². The molecule has 0 saturated heterocycles. The van der Waals surface area contributed by atoms with Crippen molar-refractivity contribution in [2.75, 3.05) is 36.5 Å². The maximum absolute atomic E-state index is 10.4. The highest BCUT2D eigenvalue weighted by atomic mass is 16.3. The van der Waals surface area contributed by atoms with Crippen LogP contribution in [0.15, 0.2) is 24.3 Å². The minimum absolute atomic E-state index is 0.111. The lowest BCUT2D eigenvalue weighted by molar-refractivity contribution is 0.0506. The molecule has 3 rings (SSSR count). The van der Waals surface area contributed by atoms with E-state index < -0.39 is 0 Å². The summed E-state index contributed by atoms with van der Waals surface area (Å²) < 4.78 is 0. The fourth-order valence-corrected chi connectivity index (χ4v) is 3.95. The molecule has 1 N–H and O–H groups in total. The molecule has 21 heavy (non-hydrogen) atoms. The molecule has 1 aromatic carbocycles. The number of rotatable bonds is 3. The third-order valence-electron chi connectivity index (χ3n) is 5.42. The van der Waals surface area contributed by atoms with Crippen LogP contribution in [0.1, 0.15) is 32.6 Å². The summed E-state index contributed by atoms with van der Waals surface area (Å²) in [5, 5.41) is 10.4. The molecule has 116 valence electrons. The number of aliphatic hydroxyl groups excluding tert-OH is 1. The van der Waals surface area contributed by atoms with Crippen molar-refractivity contribution in [2.45, 2.75) is 38.7 Å². The van der Waals surface area contributed by atoms with Crippen molar-refractivity contribution in [3.63, 3.8) is 0 Å². The van der Waals surface area contributed by atoms with E-state index in [9.17, 15) is 5.11 Å². The Bertz CT molecular complexity index is 476. The number of hydrogen-bond acceptors (Lipinski definition) is 3. The third-order valence-corrected chi connectivity index (χ3v) is 5.42. The van der Waals surface area contributed by atoms with E-state index in [-0.39, 0.29) is 6.10 Å². The van der Waals surface area contributed by atoms with Crippen LogP contribution in [0.3, 0.4) is 0 Å². The Balaban J connectivity index is 1.74. The maximum atomic E-state index is 10.4. The van der Waals surface area contributed by atoms with Crippen molar-refractivity contribution >= 4 is 11.4 Å². The number of fused-ring (bicyclic) bond motifs is 1. The summed E-state index contributed by atoms with van der Waals surface area (Å²) >= 11 is 0. The van der Waals surface area contributed by atoms with Gasteiger partial charge in [-0.15, -0.1) is 0 Å². The zero-order chi connectivity index (χ0) is 14.8. The molecular formula is C18H28N2O. The highest BCUT2D eigenvalue weighted by Crippen LogP contribution is 2.36. The molecular weight excluding hydrogens is 260 g/mol. The molecule has 1 aromatic rings. The summed E-state index contributed by atoms with van der Waals surface area (Å²) in [6.07, 6.45) is 4.51. The van der Waals surface area contributed by atoms with Gasteiger partial charge in [0.1, 0.15) is 0 Å². The maximum Gasteiger partial charge on any atom is 0.0604 e. The second-order valence-electron chi connectivity index (χ2n) is 6.77. The number of anilines is 2. The first-order chi connectivity index (χ1) is 10.2. The zero-order valence-corrected chi connectivity index (χ0v) is 13.3. The largest absolute Gasteiger partial charge is 0.393 e. The van der Waals surface area contributed by atoms with Gasteiger partial charge in [-0.1, -0.05) is 25.5 Å². The number of likely N-dealkylation sites (N-methyl/N-ethyl adjacent to an activating group) is 1. The molecule has 3 unspecified atom stereocenters. The average Bonchev–Trinajstić information content (AvgIpc) is 2.52. The van der Waals surface area contributed by atoms with Crippen LogP contribution < -0.4 is 9.80 Å². The van der Waals surface area contributed by atoms with E-state index in [1.807, 2.05) is 0 Å². The van der Waals surface area contributed by atoms with Crippen LogP contribution in [0.4, 0.5) is 11.4 Å². The molecule has 0 radical (unpaired) electrons. The molecule has 0 spiro atoms. The Morgan fingerprint density at radius 2 is 1.90 bits per heavy atom. The number of aliphatic hydroxyl groups is 1. The van der Waals surface area contributed by atoms with Crippen molar-refractivity contribution in [3.8, 4) is 0 Å². The molecule has 1 fully saturated rings. The van der Waals surface area contributed by atoms with Crippen LogP contribution in [0, 0.1) is 11.8 Å². The minimum Gasteiger partial charge on any atom is -0.393 e. The number of nitrogens with zero attached hydrogens (tertiary/aromatic N) is 2. The zero-order valence-electron chi connectivity index (χ0n) is 13.3. The Labute approximate surface area is 128 Å². The van der Waals surface area contributed by atoms with Crippen LogP contribution >= 0.6 is 0 Å². The first kappa shape index (κ1) is 14.7.